The largest absolute Gasteiger partial charge is 0.443 e. The van der Waals surface area contributed by atoms with E-state index in [0.29, 0.717) is 22.8 Å². The summed E-state index contributed by atoms with van der Waals surface area (Å²) in [6, 6.07) is 11.2. The van der Waals surface area contributed by atoms with Crippen LogP contribution in [0.5, 0.6) is 0 Å². The van der Waals surface area contributed by atoms with Crippen LogP contribution in [-0.2, 0) is 0 Å². The van der Waals surface area contributed by atoms with Crippen molar-refractivity contribution in [1.82, 2.24) is 10.2 Å². The van der Waals surface area contributed by atoms with Crippen molar-refractivity contribution in [2.75, 3.05) is 5.32 Å². The van der Waals surface area contributed by atoms with Gasteiger partial charge in [0.25, 0.3) is 5.69 Å². The van der Waals surface area contributed by atoms with Crippen LogP contribution in [-0.4, -0.2) is 20.9 Å². The molecule has 134 valence electrons. The van der Waals surface area contributed by atoms with Crippen LogP contribution in [0.4, 0.5) is 17.4 Å². The maximum absolute atomic E-state index is 11.7. The summed E-state index contributed by atoms with van der Waals surface area (Å²) >= 11 is 0. The van der Waals surface area contributed by atoms with Gasteiger partial charge in [0.05, 0.1) is 16.2 Å². The minimum atomic E-state index is -0.484. The van der Waals surface area contributed by atoms with E-state index >= 15 is 0 Å². The molecule has 0 spiro atoms. The van der Waals surface area contributed by atoms with Crippen LogP contribution in [0.25, 0.3) is 11.3 Å². The van der Waals surface area contributed by atoms with Gasteiger partial charge in [-0.25, -0.2) is 0 Å². The van der Waals surface area contributed by atoms with Crippen LogP contribution in [0.3, 0.4) is 0 Å². The molecular formula is C18H13N5O4. The molecule has 0 amide bonds. The number of nitrogens with one attached hydrogen (secondary N) is 1. The second-order valence-corrected chi connectivity index (χ2v) is 5.64. The molecule has 1 aromatic carbocycles. The monoisotopic (exact) mass is 363 g/mol. The number of nitriles is 1. The molecule has 3 rings (SSSR count). The highest BCUT2D eigenvalue weighted by atomic mass is 16.6. The average molecular weight is 363 g/mol. The summed E-state index contributed by atoms with van der Waals surface area (Å²) in [4.78, 5) is 22.1. The molecule has 0 saturated heterocycles. The Labute approximate surface area is 153 Å². The third-order valence-corrected chi connectivity index (χ3v) is 3.81. The zero-order chi connectivity index (χ0) is 19.6. The van der Waals surface area contributed by atoms with Crippen molar-refractivity contribution in [2.45, 2.75) is 13.8 Å². The first kappa shape index (κ1) is 17.8. The number of non-ortho nitro benzene ring substituents is 1. The number of nitro benzene ring substituents is 1. The van der Waals surface area contributed by atoms with Crippen LogP contribution >= 0.6 is 0 Å². The first-order valence-corrected chi connectivity index (χ1v) is 7.80. The summed E-state index contributed by atoms with van der Waals surface area (Å²) in [6.07, 6.45) is 0. The van der Waals surface area contributed by atoms with Crippen molar-refractivity contribution >= 4 is 23.2 Å². The molecule has 1 N–H and O–H groups in total. The number of rotatable bonds is 5. The van der Waals surface area contributed by atoms with E-state index in [4.69, 9.17) is 4.42 Å². The Hall–Kier alpha value is -4.06. The summed E-state index contributed by atoms with van der Waals surface area (Å²) in [5.74, 6) is 0.470. The molecule has 3 aromatic rings. The van der Waals surface area contributed by atoms with E-state index in [2.05, 4.69) is 15.5 Å². The number of nitro groups is 1. The van der Waals surface area contributed by atoms with E-state index in [1.807, 2.05) is 6.07 Å². The quantitative estimate of drug-likeness (QED) is 0.411. The summed E-state index contributed by atoms with van der Waals surface area (Å²) < 4.78 is 5.46. The van der Waals surface area contributed by atoms with E-state index in [9.17, 15) is 20.2 Å². The molecular weight excluding hydrogens is 350 g/mol. The normalized spacial score (nSPS) is 10.3. The second-order valence-electron chi connectivity index (χ2n) is 5.64. The smallest absolute Gasteiger partial charge is 0.270 e. The third kappa shape index (κ3) is 3.50. The molecule has 0 aliphatic heterocycles. The molecule has 0 atom stereocenters. The number of carbonyl (C=O) groups is 1. The van der Waals surface area contributed by atoms with Crippen LogP contribution in [0.15, 0.2) is 40.8 Å². The molecule has 2 heterocycles. The summed E-state index contributed by atoms with van der Waals surface area (Å²) in [5.41, 5.74) is 1.28. The topological polar surface area (TPSA) is 135 Å². The molecule has 9 nitrogen and oxygen atoms in total. The zero-order valence-electron chi connectivity index (χ0n) is 14.4. The predicted molar refractivity (Wildman–Crippen MR) is 95.6 cm³/mol. The molecule has 0 radical (unpaired) electrons. The molecule has 0 saturated carbocycles. The molecule has 0 aliphatic carbocycles. The van der Waals surface area contributed by atoms with Crippen molar-refractivity contribution in [3.05, 3.63) is 63.4 Å². The Morgan fingerprint density at radius 2 is 2.07 bits per heavy atom. The summed E-state index contributed by atoms with van der Waals surface area (Å²) in [6.45, 7) is 2.95. The lowest BCUT2D eigenvalue weighted by Crippen LogP contribution is -1.99. The molecule has 0 fully saturated rings. The number of aryl methyl sites for hydroxylation is 1. The minimum Gasteiger partial charge on any atom is -0.443 e. The number of anilines is 2. The molecule has 0 bridgehead atoms. The molecule has 27 heavy (non-hydrogen) atoms. The van der Waals surface area contributed by atoms with E-state index in [1.54, 1.807) is 31.2 Å². The third-order valence-electron chi connectivity index (χ3n) is 3.81. The van der Waals surface area contributed by atoms with Gasteiger partial charge >= 0.3 is 0 Å². The van der Waals surface area contributed by atoms with Gasteiger partial charge in [-0.3, -0.25) is 14.9 Å². The van der Waals surface area contributed by atoms with Crippen molar-refractivity contribution in [3.8, 4) is 17.3 Å². The number of hydrogen-bond acceptors (Lipinski definition) is 8. The fourth-order valence-corrected chi connectivity index (χ4v) is 2.61. The minimum absolute atomic E-state index is 0.0435. The lowest BCUT2D eigenvalue weighted by molar-refractivity contribution is -0.384. The average Bonchev–Trinajstić information content (AvgIpc) is 2.97. The highest BCUT2D eigenvalue weighted by Crippen LogP contribution is 2.29. The van der Waals surface area contributed by atoms with Gasteiger partial charge in [0.2, 0.25) is 5.88 Å². The Kier molecular flexibility index (Phi) is 4.64. The van der Waals surface area contributed by atoms with Gasteiger partial charge in [-0.1, -0.05) is 12.1 Å². The maximum Gasteiger partial charge on any atom is 0.270 e. The summed E-state index contributed by atoms with van der Waals surface area (Å²) in [7, 11) is 0. The molecule has 0 unspecified atom stereocenters. The van der Waals surface area contributed by atoms with E-state index in [-0.39, 0.29) is 28.5 Å². The van der Waals surface area contributed by atoms with Crippen LogP contribution < -0.4 is 5.32 Å². The van der Waals surface area contributed by atoms with Gasteiger partial charge in [-0.15, -0.1) is 10.2 Å². The lowest BCUT2D eigenvalue weighted by atomic mass is 10.1. The summed E-state index contributed by atoms with van der Waals surface area (Å²) in [5, 5.41) is 31.1. The Morgan fingerprint density at radius 1 is 1.30 bits per heavy atom. The van der Waals surface area contributed by atoms with E-state index in [1.165, 1.54) is 19.1 Å². The van der Waals surface area contributed by atoms with Crippen molar-refractivity contribution in [1.29, 1.82) is 5.26 Å². The standard InChI is InChI=1S/C18H13N5O4/c1-10(24)17-11(2)27-18(14(17)9-19)20-16-7-6-15(21-22-16)12-4-3-5-13(8-12)23(25)26/h3-8H,1-2H3,(H,20,22). The van der Waals surface area contributed by atoms with E-state index < -0.39 is 4.92 Å². The van der Waals surface area contributed by atoms with Gasteiger partial charge < -0.3 is 9.73 Å². The van der Waals surface area contributed by atoms with Gasteiger partial charge in [0.15, 0.2) is 11.6 Å². The van der Waals surface area contributed by atoms with Crippen molar-refractivity contribution in [2.24, 2.45) is 0 Å². The van der Waals surface area contributed by atoms with Crippen LogP contribution in [0, 0.1) is 28.4 Å². The molecule has 2 aromatic heterocycles. The Balaban J connectivity index is 1.88. The highest BCUT2D eigenvalue weighted by molar-refractivity contribution is 5.99. The highest BCUT2D eigenvalue weighted by Gasteiger charge is 2.21. The maximum atomic E-state index is 11.7. The number of benzene rings is 1. The Morgan fingerprint density at radius 3 is 2.67 bits per heavy atom. The number of carbonyl (C=O) groups excluding carboxylic acids is 1. The van der Waals surface area contributed by atoms with Crippen LogP contribution in [0.1, 0.15) is 28.6 Å². The zero-order valence-corrected chi connectivity index (χ0v) is 14.4. The Bertz CT molecular complexity index is 1080. The fraction of sp³-hybridized carbons (Fsp3) is 0.111. The van der Waals surface area contributed by atoms with Crippen molar-refractivity contribution < 1.29 is 14.1 Å². The van der Waals surface area contributed by atoms with Crippen molar-refractivity contribution in [3.63, 3.8) is 0 Å². The predicted octanol–water partition coefficient (Wildman–Crippen LogP) is 3.77. The molecule has 0 aliphatic rings. The van der Waals surface area contributed by atoms with E-state index in [0.717, 1.165) is 0 Å². The first-order valence-electron chi connectivity index (χ1n) is 7.80. The lowest BCUT2D eigenvalue weighted by Gasteiger charge is -2.04. The first-order chi connectivity index (χ1) is 12.9. The molecule has 9 heteroatoms. The number of hydrogen-bond donors (Lipinski definition) is 1. The van der Waals surface area contributed by atoms with Gasteiger partial charge in [-0.2, -0.15) is 5.26 Å². The second kappa shape index (κ2) is 7.05. The van der Waals surface area contributed by atoms with Crippen LogP contribution in [0.2, 0.25) is 0 Å². The van der Waals surface area contributed by atoms with Gasteiger partial charge in [-0.05, 0) is 26.0 Å². The number of aromatic nitrogens is 2. The SMILES string of the molecule is CC(=O)c1c(C)oc(Nc2ccc(-c3cccc([N+](=O)[O-])c3)nn2)c1C#N. The number of furan rings is 1. The number of Topliss-reactive ketones (excluding diaryl/α,β-unsaturated/α-hetero) is 1. The van der Waals surface area contributed by atoms with Gasteiger partial charge in [0.1, 0.15) is 17.4 Å². The van der Waals surface area contributed by atoms with Gasteiger partial charge in [0, 0.05) is 17.7 Å². The fourth-order valence-electron chi connectivity index (χ4n) is 2.61. The number of nitrogens with zero attached hydrogens (tertiary/aromatic N) is 4. The number of ketones is 1.